The van der Waals surface area contributed by atoms with E-state index in [0.717, 1.165) is 30.4 Å². The van der Waals surface area contributed by atoms with Crippen LogP contribution in [0.1, 0.15) is 31.6 Å². The molecule has 1 aromatic heterocycles. The topological polar surface area (TPSA) is 42.4 Å². The van der Waals surface area contributed by atoms with Crippen molar-refractivity contribution in [3.05, 3.63) is 36.1 Å². The average molecular weight is 258 g/mol. The number of rotatable bonds is 4. The number of hydrogen-bond acceptors (Lipinski definition) is 3. The van der Waals surface area contributed by atoms with Gasteiger partial charge in [-0.05, 0) is 31.0 Å². The second-order valence-electron chi connectivity index (χ2n) is 5.50. The van der Waals surface area contributed by atoms with Gasteiger partial charge < -0.3 is 10.2 Å². The molecule has 0 bridgehead atoms. The van der Waals surface area contributed by atoms with Gasteiger partial charge in [-0.1, -0.05) is 31.5 Å². The van der Waals surface area contributed by atoms with Crippen LogP contribution in [-0.4, -0.2) is 24.5 Å². The second-order valence-corrected chi connectivity index (χ2v) is 5.50. The van der Waals surface area contributed by atoms with Crippen LogP contribution < -0.4 is 5.73 Å². The van der Waals surface area contributed by atoms with E-state index in [9.17, 15) is 0 Å². The van der Waals surface area contributed by atoms with Crippen molar-refractivity contribution < 1.29 is 4.42 Å². The molecule has 0 aliphatic carbocycles. The van der Waals surface area contributed by atoms with Crippen LogP contribution in [0.5, 0.6) is 0 Å². The first-order valence-corrected chi connectivity index (χ1v) is 7.24. The molecule has 2 heterocycles. The largest absolute Gasteiger partial charge is 0.459 e. The molecule has 19 heavy (non-hydrogen) atoms. The van der Waals surface area contributed by atoms with Gasteiger partial charge in [0.15, 0.2) is 0 Å². The third kappa shape index (κ3) is 2.40. The van der Waals surface area contributed by atoms with Crippen LogP contribution in [0.4, 0.5) is 0 Å². The Labute approximate surface area is 114 Å². The van der Waals surface area contributed by atoms with E-state index in [1.165, 1.54) is 18.2 Å². The van der Waals surface area contributed by atoms with E-state index in [-0.39, 0.29) is 6.04 Å². The maximum atomic E-state index is 5.99. The summed E-state index contributed by atoms with van der Waals surface area (Å²) in [6.45, 7) is 5.18. The van der Waals surface area contributed by atoms with Crippen molar-refractivity contribution in [1.29, 1.82) is 0 Å². The van der Waals surface area contributed by atoms with Crippen molar-refractivity contribution >= 4 is 11.0 Å². The van der Waals surface area contributed by atoms with Crippen molar-refractivity contribution in [3.8, 4) is 0 Å². The van der Waals surface area contributed by atoms with E-state index in [1.807, 2.05) is 18.2 Å². The van der Waals surface area contributed by atoms with Crippen LogP contribution in [0.25, 0.3) is 11.0 Å². The smallest absolute Gasteiger partial charge is 0.134 e. The van der Waals surface area contributed by atoms with Crippen molar-refractivity contribution in [1.82, 2.24) is 4.90 Å². The zero-order valence-corrected chi connectivity index (χ0v) is 11.5. The SMILES string of the molecule is CCC1CCN(C(CN)c2cc3ccccc3o2)C1. The molecule has 0 spiro atoms. The van der Waals surface area contributed by atoms with Crippen LogP contribution in [0, 0.1) is 5.92 Å². The molecular formula is C16H22N2O. The van der Waals surface area contributed by atoms with E-state index in [0.29, 0.717) is 6.54 Å². The molecule has 0 radical (unpaired) electrons. The number of furan rings is 1. The molecule has 0 amide bonds. The van der Waals surface area contributed by atoms with Crippen molar-refractivity contribution in [2.24, 2.45) is 11.7 Å². The summed E-state index contributed by atoms with van der Waals surface area (Å²) in [6.07, 6.45) is 2.54. The highest BCUT2D eigenvalue weighted by atomic mass is 16.3. The van der Waals surface area contributed by atoms with E-state index in [1.54, 1.807) is 0 Å². The number of benzene rings is 1. The van der Waals surface area contributed by atoms with E-state index in [2.05, 4.69) is 24.0 Å². The maximum absolute atomic E-state index is 5.99. The Bertz CT molecular complexity index is 515. The zero-order valence-electron chi connectivity index (χ0n) is 11.5. The van der Waals surface area contributed by atoms with Gasteiger partial charge in [0.05, 0.1) is 6.04 Å². The lowest BCUT2D eigenvalue weighted by Crippen LogP contribution is -2.31. The van der Waals surface area contributed by atoms with Crippen LogP contribution >= 0.6 is 0 Å². The number of nitrogens with two attached hydrogens (primary N) is 1. The Balaban J connectivity index is 1.85. The normalized spacial score (nSPS) is 22.1. The Kier molecular flexibility index (Phi) is 3.58. The molecule has 1 aromatic carbocycles. The van der Waals surface area contributed by atoms with Crippen molar-refractivity contribution in [2.45, 2.75) is 25.8 Å². The van der Waals surface area contributed by atoms with E-state index < -0.39 is 0 Å². The molecule has 2 atom stereocenters. The summed E-state index contributed by atoms with van der Waals surface area (Å²) >= 11 is 0. The third-order valence-electron chi connectivity index (χ3n) is 4.33. The third-order valence-corrected chi connectivity index (χ3v) is 4.33. The van der Waals surface area contributed by atoms with Gasteiger partial charge in [0.25, 0.3) is 0 Å². The van der Waals surface area contributed by atoms with Gasteiger partial charge in [-0.15, -0.1) is 0 Å². The van der Waals surface area contributed by atoms with Gasteiger partial charge >= 0.3 is 0 Å². The highest BCUT2D eigenvalue weighted by Crippen LogP contribution is 2.31. The van der Waals surface area contributed by atoms with Crippen molar-refractivity contribution in [3.63, 3.8) is 0 Å². The lowest BCUT2D eigenvalue weighted by molar-refractivity contribution is 0.215. The minimum atomic E-state index is 0.226. The molecule has 1 aliphatic heterocycles. The summed E-state index contributed by atoms with van der Waals surface area (Å²) in [4.78, 5) is 2.48. The number of likely N-dealkylation sites (tertiary alicyclic amines) is 1. The van der Waals surface area contributed by atoms with Crippen molar-refractivity contribution in [2.75, 3.05) is 19.6 Å². The summed E-state index contributed by atoms with van der Waals surface area (Å²) in [5.41, 5.74) is 6.95. The van der Waals surface area contributed by atoms with Gasteiger partial charge in [-0.25, -0.2) is 0 Å². The van der Waals surface area contributed by atoms with Gasteiger partial charge in [0, 0.05) is 18.5 Å². The fourth-order valence-corrected chi connectivity index (χ4v) is 3.09. The minimum absolute atomic E-state index is 0.226. The Hall–Kier alpha value is -1.32. The molecule has 2 aromatic rings. The number of nitrogens with zero attached hydrogens (tertiary/aromatic N) is 1. The predicted octanol–water partition coefficient (Wildman–Crippen LogP) is 3.16. The maximum Gasteiger partial charge on any atom is 0.134 e. The molecule has 0 saturated carbocycles. The Morgan fingerprint density at radius 1 is 1.42 bits per heavy atom. The summed E-state index contributed by atoms with van der Waals surface area (Å²) < 4.78 is 5.98. The quantitative estimate of drug-likeness (QED) is 0.916. The van der Waals surface area contributed by atoms with Gasteiger partial charge in [-0.2, -0.15) is 0 Å². The average Bonchev–Trinajstić information content (AvgIpc) is 3.05. The van der Waals surface area contributed by atoms with E-state index >= 15 is 0 Å². The molecule has 2 unspecified atom stereocenters. The monoisotopic (exact) mass is 258 g/mol. The van der Waals surface area contributed by atoms with Crippen LogP contribution in [0.3, 0.4) is 0 Å². The zero-order chi connectivity index (χ0) is 13.2. The first-order chi connectivity index (χ1) is 9.31. The highest BCUT2D eigenvalue weighted by molar-refractivity contribution is 5.77. The highest BCUT2D eigenvalue weighted by Gasteiger charge is 2.29. The summed E-state index contributed by atoms with van der Waals surface area (Å²) in [7, 11) is 0. The van der Waals surface area contributed by atoms with Gasteiger partial charge in [0.1, 0.15) is 11.3 Å². The number of hydrogen-bond donors (Lipinski definition) is 1. The van der Waals surface area contributed by atoms with E-state index in [4.69, 9.17) is 10.2 Å². The standard InChI is InChI=1S/C16H22N2O/c1-2-12-7-8-18(11-12)14(10-17)16-9-13-5-3-4-6-15(13)19-16/h3-6,9,12,14H,2,7-8,10-11,17H2,1H3. The lowest BCUT2D eigenvalue weighted by atomic mass is 10.1. The molecule has 3 rings (SSSR count). The minimum Gasteiger partial charge on any atom is -0.459 e. The number of fused-ring (bicyclic) bond motifs is 1. The molecule has 102 valence electrons. The molecule has 2 N–H and O–H groups in total. The molecule has 1 aliphatic rings. The lowest BCUT2D eigenvalue weighted by Gasteiger charge is -2.24. The summed E-state index contributed by atoms with van der Waals surface area (Å²) in [5, 5.41) is 1.17. The molecule has 3 heteroatoms. The van der Waals surface area contributed by atoms with Gasteiger partial charge in [0.2, 0.25) is 0 Å². The fraction of sp³-hybridized carbons (Fsp3) is 0.500. The first-order valence-electron chi connectivity index (χ1n) is 7.24. The molecular weight excluding hydrogens is 236 g/mol. The van der Waals surface area contributed by atoms with Crippen LogP contribution in [-0.2, 0) is 0 Å². The molecule has 1 saturated heterocycles. The Morgan fingerprint density at radius 2 is 2.26 bits per heavy atom. The molecule has 1 fully saturated rings. The fourth-order valence-electron chi connectivity index (χ4n) is 3.09. The molecule has 3 nitrogen and oxygen atoms in total. The number of para-hydroxylation sites is 1. The summed E-state index contributed by atoms with van der Waals surface area (Å²) in [6, 6.07) is 10.5. The first kappa shape index (κ1) is 12.7. The predicted molar refractivity (Wildman–Crippen MR) is 78.0 cm³/mol. The second kappa shape index (κ2) is 5.35. The van der Waals surface area contributed by atoms with Gasteiger partial charge in [-0.3, -0.25) is 4.90 Å². The van der Waals surface area contributed by atoms with Crippen LogP contribution in [0.15, 0.2) is 34.7 Å². The Morgan fingerprint density at radius 3 is 2.95 bits per heavy atom. The summed E-state index contributed by atoms with van der Waals surface area (Å²) in [5.74, 6) is 1.83. The van der Waals surface area contributed by atoms with Crippen LogP contribution in [0.2, 0.25) is 0 Å².